The van der Waals surface area contributed by atoms with Crippen molar-refractivity contribution in [3.63, 3.8) is 0 Å². The van der Waals surface area contributed by atoms with Crippen molar-refractivity contribution in [2.75, 3.05) is 11.5 Å². The first-order valence-electron chi connectivity index (χ1n) is 13.3. The van der Waals surface area contributed by atoms with Crippen LogP contribution in [0.5, 0.6) is 11.5 Å². The zero-order valence-electron chi connectivity index (χ0n) is 22.4. The number of carbonyl (C=O) groups excluding carboxylic acids is 2. The molecule has 1 aromatic heterocycles. The van der Waals surface area contributed by atoms with Gasteiger partial charge in [-0.2, -0.15) is 0 Å². The van der Waals surface area contributed by atoms with E-state index in [1.165, 1.54) is 28.0 Å². The molecule has 208 valence electrons. The highest BCUT2D eigenvalue weighted by atomic mass is 32.2. The van der Waals surface area contributed by atoms with Crippen LogP contribution in [0.25, 0.3) is 5.76 Å². The van der Waals surface area contributed by atoms with Crippen LogP contribution in [0.15, 0.2) is 82.7 Å². The third-order valence-corrected chi connectivity index (χ3v) is 9.03. The van der Waals surface area contributed by atoms with Crippen LogP contribution >= 0.6 is 23.1 Å². The number of benzene rings is 3. The minimum atomic E-state index is -0.918. The number of ether oxygens (including phenoxy) is 2. The number of nitrogens with zero attached hydrogens (tertiary/aromatic N) is 3. The highest BCUT2D eigenvalue weighted by molar-refractivity contribution is 8.00. The summed E-state index contributed by atoms with van der Waals surface area (Å²) in [6.45, 7) is 4.32. The minimum absolute atomic E-state index is 0.00995. The monoisotopic (exact) mass is 585 g/mol. The summed E-state index contributed by atoms with van der Waals surface area (Å²) in [5, 5.41) is 20.4. The van der Waals surface area contributed by atoms with Gasteiger partial charge in [-0.25, -0.2) is 0 Å². The van der Waals surface area contributed by atoms with E-state index in [2.05, 4.69) is 10.2 Å². The van der Waals surface area contributed by atoms with E-state index in [-0.39, 0.29) is 22.6 Å². The normalized spacial score (nSPS) is 19.3. The molecule has 2 atom stereocenters. The Morgan fingerprint density at radius 2 is 1.93 bits per heavy atom. The topological polar surface area (TPSA) is 102 Å². The van der Waals surface area contributed by atoms with Gasteiger partial charge >= 0.3 is 5.91 Å². The summed E-state index contributed by atoms with van der Waals surface area (Å²) < 4.78 is 12.2. The summed E-state index contributed by atoms with van der Waals surface area (Å²) in [7, 11) is 0. The Labute approximate surface area is 245 Å². The summed E-state index contributed by atoms with van der Waals surface area (Å²) in [6.07, 6.45) is 0.722. The van der Waals surface area contributed by atoms with Gasteiger partial charge in [0.1, 0.15) is 23.4 Å². The van der Waals surface area contributed by atoms with Crippen molar-refractivity contribution in [1.29, 1.82) is 0 Å². The second-order valence-corrected chi connectivity index (χ2v) is 11.9. The Hall–Kier alpha value is -4.15. The number of carbonyl (C=O) groups is 2. The summed E-state index contributed by atoms with van der Waals surface area (Å²) in [5.41, 5.74) is 3.13. The van der Waals surface area contributed by atoms with Gasteiger partial charge in [-0.1, -0.05) is 65.6 Å². The average molecular weight is 586 g/mol. The molecule has 0 saturated carbocycles. The second kappa shape index (κ2) is 11.4. The predicted octanol–water partition coefficient (Wildman–Crippen LogP) is 6.18. The van der Waals surface area contributed by atoms with Crippen molar-refractivity contribution in [1.82, 2.24) is 10.2 Å². The molecular formula is C31H27N3O5S2. The molecule has 2 unspecified atom stereocenters. The summed E-state index contributed by atoms with van der Waals surface area (Å²) in [5.74, 6) is 0.235. The van der Waals surface area contributed by atoms with Gasteiger partial charge in [-0.3, -0.25) is 14.5 Å². The van der Waals surface area contributed by atoms with E-state index < -0.39 is 17.7 Å². The zero-order valence-corrected chi connectivity index (χ0v) is 24.1. The van der Waals surface area contributed by atoms with Crippen molar-refractivity contribution in [3.05, 3.63) is 101 Å². The molecule has 2 aliphatic rings. The molecule has 0 radical (unpaired) electrons. The fourth-order valence-electron chi connectivity index (χ4n) is 5.09. The maximum absolute atomic E-state index is 13.6. The lowest BCUT2D eigenvalue weighted by molar-refractivity contribution is -0.132. The molecular weight excluding hydrogens is 558 g/mol. The van der Waals surface area contributed by atoms with Crippen LogP contribution in [0, 0.1) is 0 Å². The van der Waals surface area contributed by atoms with Gasteiger partial charge in [-0.15, -0.1) is 10.2 Å². The second-order valence-electron chi connectivity index (χ2n) is 9.75. The third kappa shape index (κ3) is 5.32. The summed E-state index contributed by atoms with van der Waals surface area (Å²) in [4.78, 5) is 28.5. The van der Waals surface area contributed by atoms with Gasteiger partial charge in [0, 0.05) is 17.7 Å². The van der Waals surface area contributed by atoms with E-state index in [0.717, 1.165) is 16.9 Å². The first-order chi connectivity index (χ1) is 19.9. The van der Waals surface area contributed by atoms with Crippen LogP contribution in [0.1, 0.15) is 42.1 Å². The van der Waals surface area contributed by atoms with E-state index in [4.69, 9.17) is 9.47 Å². The first kappa shape index (κ1) is 27.0. The number of rotatable bonds is 8. The summed E-state index contributed by atoms with van der Waals surface area (Å²) >= 11 is 2.74. The molecule has 1 amide bonds. The lowest BCUT2D eigenvalue weighted by atomic mass is 9.94. The van der Waals surface area contributed by atoms with E-state index in [1.54, 1.807) is 24.3 Å². The molecule has 1 saturated heterocycles. The van der Waals surface area contributed by atoms with Crippen molar-refractivity contribution in [2.45, 2.75) is 42.5 Å². The number of anilines is 1. The van der Waals surface area contributed by atoms with Gasteiger partial charge in [0.05, 0.1) is 18.2 Å². The van der Waals surface area contributed by atoms with Crippen molar-refractivity contribution in [3.8, 4) is 11.5 Å². The van der Waals surface area contributed by atoms with Crippen LogP contribution in [-0.2, 0) is 21.8 Å². The molecule has 1 fully saturated rings. The number of Topliss-reactive ketones (excluding diaryl/α,β-unsaturated/α-hetero) is 1. The highest BCUT2D eigenvalue weighted by Crippen LogP contribution is 2.45. The van der Waals surface area contributed by atoms with E-state index >= 15 is 0 Å². The van der Waals surface area contributed by atoms with Crippen molar-refractivity contribution >= 4 is 45.7 Å². The Balaban J connectivity index is 1.41. The number of hydrogen-bond donors (Lipinski definition) is 1. The number of aliphatic hydroxyl groups excluding tert-OH is 1. The molecule has 0 bridgehead atoms. The standard InChI is InChI=1S/C31H27N3O5S2/c1-3-38-23-11-7-10-20(16-23)26-25(27(35)21-12-13-24-22(15-21)14-18(2)39-24)28(36)29(37)34(26)30-32-33-31(41-30)40-17-19-8-5-4-6-9-19/h4-13,15-16,18,26,35H,3,14,17H2,1-2H3. The maximum atomic E-state index is 13.6. The smallest absolute Gasteiger partial charge is 0.301 e. The van der Waals surface area contributed by atoms with Gasteiger partial charge < -0.3 is 14.6 Å². The number of aliphatic hydroxyl groups is 1. The molecule has 41 heavy (non-hydrogen) atoms. The fourth-order valence-corrected chi connectivity index (χ4v) is 6.91. The van der Waals surface area contributed by atoms with E-state index in [0.29, 0.717) is 40.0 Å². The molecule has 10 heteroatoms. The van der Waals surface area contributed by atoms with Crippen LogP contribution in [0.3, 0.4) is 0 Å². The number of thioether (sulfide) groups is 1. The number of hydrogen-bond acceptors (Lipinski definition) is 9. The van der Waals surface area contributed by atoms with Gasteiger partial charge in [0.2, 0.25) is 5.13 Å². The number of aromatic nitrogens is 2. The highest BCUT2D eigenvalue weighted by Gasteiger charge is 2.48. The molecule has 3 heterocycles. The number of ketones is 1. The molecule has 2 aliphatic heterocycles. The van der Waals surface area contributed by atoms with Crippen LogP contribution in [0.2, 0.25) is 0 Å². The Morgan fingerprint density at radius 1 is 1.10 bits per heavy atom. The molecule has 0 aliphatic carbocycles. The van der Waals surface area contributed by atoms with Gasteiger partial charge in [-0.05, 0) is 60.9 Å². The first-order valence-corrected chi connectivity index (χ1v) is 15.1. The molecule has 4 aromatic rings. The van der Waals surface area contributed by atoms with Gasteiger partial charge in [0.15, 0.2) is 4.34 Å². The molecule has 0 spiro atoms. The summed E-state index contributed by atoms with van der Waals surface area (Å²) in [6, 6.07) is 21.6. The quantitative estimate of drug-likeness (QED) is 0.0860. The van der Waals surface area contributed by atoms with Crippen molar-refractivity contribution < 1.29 is 24.2 Å². The lowest BCUT2D eigenvalue weighted by Gasteiger charge is -2.23. The SMILES string of the molecule is CCOc1cccc(C2C(=C(O)c3ccc4c(c3)CC(C)O4)C(=O)C(=O)N2c2nnc(SCc3ccccc3)s2)c1. The third-order valence-electron chi connectivity index (χ3n) is 6.91. The van der Waals surface area contributed by atoms with Gasteiger partial charge in [0.25, 0.3) is 5.78 Å². The Bertz CT molecular complexity index is 1650. The maximum Gasteiger partial charge on any atom is 0.301 e. The number of amides is 1. The van der Waals surface area contributed by atoms with Crippen LogP contribution in [0.4, 0.5) is 5.13 Å². The molecule has 6 rings (SSSR count). The Morgan fingerprint density at radius 3 is 2.73 bits per heavy atom. The average Bonchev–Trinajstić information content (AvgIpc) is 3.67. The largest absolute Gasteiger partial charge is 0.507 e. The van der Waals surface area contributed by atoms with E-state index in [1.807, 2.05) is 62.4 Å². The minimum Gasteiger partial charge on any atom is -0.507 e. The predicted molar refractivity (Wildman–Crippen MR) is 159 cm³/mol. The molecule has 8 nitrogen and oxygen atoms in total. The molecule has 1 N–H and O–H groups in total. The molecule has 3 aromatic carbocycles. The number of fused-ring (bicyclic) bond motifs is 1. The van der Waals surface area contributed by atoms with Crippen LogP contribution in [-0.4, -0.2) is 39.7 Å². The van der Waals surface area contributed by atoms with Crippen molar-refractivity contribution in [2.24, 2.45) is 0 Å². The van der Waals surface area contributed by atoms with Crippen LogP contribution < -0.4 is 14.4 Å². The van der Waals surface area contributed by atoms with E-state index in [9.17, 15) is 14.7 Å². The fraction of sp³-hybridized carbons (Fsp3) is 0.226. The Kier molecular flexibility index (Phi) is 7.51. The zero-order chi connectivity index (χ0) is 28.5. The lowest BCUT2D eigenvalue weighted by Crippen LogP contribution is -2.29.